The number of nitrogens with one attached hydrogen (secondary N) is 2. The highest BCUT2D eigenvalue weighted by Crippen LogP contribution is 2.14. The summed E-state index contributed by atoms with van der Waals surface area (Å²) in [5.74, 6) is 0.570. The van der Waals surface area contributed by atoms with Gasteiger partial charge in [-0.25, -0.2) is 4.98 Å². The molecule has 1 saturated heterocycles. The van der Waals surface area contributed by atoms with Crippen molar-refractivity contribution in [2.45, 2.75) is 6.54 Å². The van der Waals surface area contributed by atoms with Gasteiger partial charge < -0.3 is 19.9 Å². The maximum Gasteiger partial charge on any atom is 0.268 e. The topological polar surface area (TPSA) is 87.3 Å². The van der Waals surface area contributed by atoms with E-state index in [-0.39, 0.29) is 17.2 Å². The Balaban J connectivity index is 1.64. The molecule has 0 bridgehead atoms. The monoisotopic (exact) mass is 314 g/mol. The van der Waals surface area contributed by atoms with Crippen LogP contribution in [-0.4, -0.2) is 42.2 Å². The highest BCUT2D eigenvalue weighted by atomic mass is 16.5. The van der Waals surface area contributed by atoms with Crippen LogP contribution in [-0.2, 0) is 11.3 Å². The Kier molecular flexibility index (Phi) is 4.68. The number of hydrogen-bond donors (Lipinski definition) is 2. The average molecular weight is 314 g/mol. The fraction of sp³-hybridized carbons (Fsp3) is 0.312. The van der Waals surface area contributed by atoms with Crippen molar-refractivity contribution >= 4 is 11.7 Å². The van der Waals surface area contributed by atoms with Gasteiger partial charge in [-0.3, -0.25) is 9.59 Å². The molecule has 0 spiro atoms. The molecule has 7 nitrogen and oxygen atoms in total. The third-order valence-corrected chi connectivity index (χ3v) is 3.61. The summed E-state index contributed by atoms with van der Waals surface area (Å²) in [6.07, 6.45) is 1.73. The lowest BCUT2D eigenvalue weighted by Gasteiger charge is -2.28. The molecule has 1 aliphatic rings. The SMILES string of the molecule is O=C(NCc1ccnc(N2CCOCC2)c1)c1cccc(=O)[nH]1. The number of ether oxygens (including phenoxy) is 1. The normalized spacial score (nSPS) is 14.5. The van der Waals surface area contributed by atoms with Crippen LogP contribution in [0.5, 0.6) is 0 Å². The first-order valence-electron chi connectivity index (χ1n) is 7.47. The maximum absolute atomic E-state index is 12.0. The summed E-state index contributed by atoms with van der Waals surface area (Å²) >= 11 is 0. The number of nitrogens with zero attached hydrogens (tertiary/aromatic N) is 2. The number of hydrogen-bond acceptors (Lipinski definition) is 5. The lowest BCUT2D eigenvalue weighted by molar-refractivity contribution is 0.0945. The summed E-state index contributed by atoms with van der Waals surface area (Å²) in [5, 5.41) is 2.79. The zero-order valence-electron chi connectivity index (χ0n) is 12.6. The van der Waals surface area contributed by atoms with Gasteiger partial charge in [0, 0.05) is 31.9 Å². The van der Waals surface area contributed by atoms with Crippen molar-refractivity contribution in [2.24, 2.45) is 0 Å². The van der Waals surface area contributed by atoms with Crippen LogP contribution in [0.25, 0.3) is 0 Å². The minimum absolute atomic E-state index is 0.250. The van der Waals surface area contributed by atoms with Gasteiger partial charge in [0.2, 0.25) is 5.56 Å². The van der Waals surface area contributed by atoms with E-state index in [9.17, 15) is 9.59 Å². The number of pyridine rings is 2. The van der Waals surface area contributed by atoms with Crippen molar-refractivity contribution < 1.29 is 9.53 Å². The van der Waals surface area contributed by atoms with Gasteiger partial charge >= 0.3 is 0 Å². The number of carbonyl (C=O) groups is 1. The van der Waals surface area contributed by atoms with Crippen LogP contribution in [0, 0.1) is 0 Å². The van der Waals surface area contributed by atoms with Crippen molar-refractivity contribution in [1.82, 2.24) is 15.3 Å². The van der Waals surface area contributed by atoms with Crippen LogP contribution < -0.4 is 15.8 Å². The molecule has 3 rings (SSSR count). The summed E-state index contributed by atoms with van der Waals surface area (Å²) < 4.78 is 5.33. The smallest absolute Gasteiger partial charge is 0.268 e. The van der Waals surface area contributed by atoms with E-state index in [1.54, 1.807) is 18.3 Å². The molecule has 0 radical (unpaired) electrons. The van der Waals surface area contributed by atoms with Gasteiger partial charge in [0.1, 0.15) is 11.5 Å². The minimum atomic E-state index is -0.313. The minimum Gasteiger partial charge on any atom is -0.378 e. The fourth-order valence-electron chi connectivity index (χ4n) is 2.39. The molecular formula is C16H18N4O3. The standard InChI is InChI=1S/C16H18N4O3/c21-15-3-1-2-13(19-15)16(22)18-11-12-4-5-17-14(10-12)20-6-8-23-9-7-20/h1-5,10H,6-9,11H2,(H,18,22)(H,19,21). The number of rotatable bonds is 4. The Morgan fingerprint density at radius 1 is 1.30 bits per heavy atom. The summed E-state index contributed by atoms with van der Waals surface area (Å²) in [6.45, 7) is 3.39. The van der Waals surface area contributed by atoms with Gasteiger partial charge in [-0.1, -0.05) is 6.07 Å². The zero-order chi connectivity index (χ0) is 16.1. The third-order valence-electron chi connectivity index (χ3n) is 3.61. The molecule has 1 aliphatic heterocycles. The molecule has 2 aromatic heterocycles. The van der Waals surface area contributed by atoms with E-state index in [0.717, 1.165) is 24.5 Å². The first-order chi connectivity index (χ1) is 11.2. The number of aromatic nitrogens is 2. The highest BCUT2D eigenvalue weighted by Gasteiger charge is 2.13. The predicted octanol–water partition coefficient (Wildman–Crippen LogP) is 0.536. The van der Waals surface area contributed by atoms with Gasteiger partial charge in [0.25, 0.3) is 5.91 Å². The van der Waals surface area contributed by atoms with E-state index in [1.165, 1.54) is 6.07 Å². The van der Waals surface area contributed by atoms with Crippen LogP contribution in [0.3, 0.4) is 0 Å². The summed E-state index contributed by atoms with van der Waals surface area (Å²) in [4.78, 5) is 32.3. The molecule has 0 saturated carbocycles. The molecule has 0 atom stereocenters. The molecule has 23 heavy (non-hydrogen) atoms. The Hall–Kier alpha value is -2.67. The lowest BCUT2D eigenvalue weighted by atomic mass is 10.2. The molecule has 3 heterocycles. The largest absolute Gasteiger partial charge is 0.378 e. The first kappa shape index (κ1) is 15.2. The molecule has 0 unspecified atom stereocenters. The average Bonchev–Trinajstić information content (AvgIpc) is 2.61. The predicted molar refractivity (Wildman–Crippen MR) is 85.5 cm³/mol. The van der Waals surface area contributed by atoms with Crippen LogP contribution in [0.2, 0.25) is 0 Å². The third kappa shape index (κ3) is 3.95. The number of amides is 1. The van der Waals surface area contributed by atoms with E-state index in [0.29, 0.717) is 19.8 Å². The van der Waals surface area contributed by atoms with Crippen LogP contribution in [0.15, 0.2) is 41.3 Å². The van der Waals surface area contributed by atoms with Gasteiger partial charge in [0.15, 0.2) is 0 Å². The van der Waals surface area contributed by atoms with Crippen LogP contribution >= 0.6 is 0 Å². The van der Waals surface area contributed by atoms with Crippen molar-refractivity contribution in [3.63, 3.8) is 0 Å². The molecule has 0 aromatic carbocycles. The van der Waals surface area contributed by atoms with Gasteiger partial charge in [-0.15, -0.1) is 0 Å². The zero-order valence-corrected chi connectivity index (χ0v) is 12.6. The molecule has 7 heteroatoms. The van der Waals surface area contributed by atoms with Crippen molar-refractivity contribution in [3.8, 4) is 0 Å². The number of aromatic amines is 1. The molecule has 2 aromatic rings. The number of H-pyrrole nitrogens is 1. The second kappa shape index (κ2) is 7.06. The van der Waals surface area contributed by atoms with E-state index >= 15 is 0 Å². The quantitative estimate of drug-likeness (QED) is 0.860. The summed E-state index contributed by atoms with van der Waals surface area (Å²) in [6, 6.07) is 8.31. The van der Waals surface area contributed by atoms with Gasteiger partial charge in [0.05, 0.1) is 13.2 Å². The Morgan fingerprint density at radius 2 is 2.13 bits per heavy atom. The van der Waals surface area contributed by atoms with Gasteiger partial charge in [-0.2, -0.15) is 0 Å². The number of carbonyl (C=O) groups excluding carboxylic acids is 1. The number of morpholine rings is 1. The maximum atomic E-state index is 12.0. The Bertz CT molecular complexity index is 738. The first-order valence-corrected chi connectivity index (χ1v) is 7.47. The molecular weight excluding hydrogens is 296 g/mol. The van der Waals surface area contributed by atoms with Crippen molar-refractivity contribution in [3.05, 3.63) is 58.1 Å². The van der Waals surface area contributed by atoms with E-state index in [2.05, 4.69) is 20.2 Å². The Labute approximate surface area is 133 Å². The second-order valence-corrected chi connectivity index (χ2v) is 5.23. The lowest BCUT2D eigenvalue weighted by Crippen LogP contribution is -2.36. The van der Waals surface area contributed by atoms with E-state index in [1.807, 2.05) is 12.1 Å². The van der Waals surface area contributed by atoms with E-state index in [4.69, 9.17) is 4.74 Å². The molecule has 1 amide bonds. The molecule has 0 aliphatic carbocycles. The fourth-order valence-corrected chi connectivity index (χ4v) is 2.39. The van der Waals surface area contributed by atoms with Crippen LogP contribution in [0.4, 0.5) is 5.82 Å². The molecule has 120 valence electrons. The Morgan fingerprint density at radius 3 is 2.91 bits per heavy atom. The van der Waals surface area contributed by atoms with Crippen molar-refractivity contribution in [2.75, 3.05) is 31.2 Å². The molecule has 1 fully saturated rings. The van der Waals surface area contributed by atoms with Gasteiger partial charge in [-0.05, 0) is 23.8 Å². The van der Waals surface area contributed by atoms with Crippen LogP contribution in [0.1, 0.15) is 16.1 Å². The highest BCUT2D eigenvalue weighted by molar-refractivity contribution is 5.92. The summed E-state index contributed by atoms with van der Waals surface area (Å²) in [7, 11) is 0. The molecule has 2 N–H and O–H groups in total. The second-order valence-electron chi connectivity index (χ2n) is 5.23. The van der Waals surface area contributed by atoms with E-state index < -0.39 is 0 Å². The number of anilines is 1. The van der Waals surface area contributed by atoms with Crippen molar-refractivity contribution in [1.29, 1.82) is 0 Å². The summed E-state index contributed by atoms with van der Waals surface area (Å²) in [5.41, 5.74) is 0.907.